The average molecular weight is 287 g/mol. The first kappa shape index (κ1) is 15.8. The fourth-order valence-corrected chi connectivity index (χ4v) is 1.74. The maximum Gasteiger partial charge on any atom is 0.156 e. The van der Waals surface area contributed by atoms with Crippen molar-refractivity contribution in [3.05, 3.63) is 27.7 Å². The van der Waals surface area contributed by atoms with Crippen molar-refractivity contribution in [1.29, 1.82) is 0 Å². The van der Waals surface area contributed by atoms with Crippen molar-refractivity contribution in [2.45, 2.75) is 6.54 Å². The van der Waals surface area contributed by atoms with Gasteiger partial charge in [-0.25, -0.2) is 0 Å². The summed E-state index contributed by atoms with van der Waals surface area (Å²) in [6.07, 6.45) is 0. The van der Waals surface area contributed by atoms with E-state index in [0.29, 0.717) is 35.6 Å². The van der Waals surface area contributed by atoms with Crippen molar-refractivity contribution >= 4 is 35.6 Å². The van der Waals surface area contributed by atoms with Gasteiger partial charge in [-0.3, -0.25) is 0 Å². The van der Waals surface area contributed by atoms with Gasteiger partial charge in [-0.2, -0.15) is 0 Å². The maximum atomic E-state index is 5.99. The summed E-state index contributed by atoms with van der Waals surface area (Å²) >= 11 is 12.0. The van der Waals surface area contributed by atoms with Crippen LogP contribution in [-0.2, 0) is 11.3 Å². The normalized spacial score (nSPS) is 9.75. The molecule has 0 aliphatic heterocycles. The van der Waals surface area contributed by atoms with Crippen molar-refractivity contribution in [3.63, 3.8) is 0 Å². The van der Waals surface area contributed by atoms with E-state index in [1.165, 1.54) is 0 Å². The van der Waals surface area contributed by atoms with Crippen LogP contribution in [0, 0.1) is 0 Å². The summed E-state index contributed by atoms with van der Waals surface area (Å²) in [5.74, 6) is 0.479. The zero-order chi connectivity index (χ0) is 11.3. The number of ether oxygens (including phenoxy) is 2. The minimum Gasteiger partial charge on any atom is -0.488 e. The molecular formula is C10H14Cl3NO2. The number of hydrogen-bond acceptors (Lipinski definition) is 3. The molecule has 0 amide bonds. The predicted molar refractivity (Wildman–Crippen MR) is 69.0 cm³/mol. The number of rotatable bonds is 5. The number of methoxy groups -OCH3 is 1. The van der Waals surface area contributed by atoms with Gasteiger partial charge in [0.25, 0.3) is 0 Å². The van der Waals surface area contributed by atoms with Crippen molar-refractivity contribution in [1.82, 2.24) is 0 Å². The molecule has 0 unspecified atom stereocenters. The molecule has 92 valence electrons. The van der Waals surface area contributed by atoms with E-state index in [0.717, 1.165) is 5.56 Å². The third-order valence-corrected chi connectivity index (χ3v) is 2.39. The largest absolute Gasteiger partial charge is 0.488 e. The van der Waals surface area contributed by atoms with E-state index in [-0.39, 0.29) is 12.4 Å². The Morgan fingerprint density at radius 3 is 2.19 bits per heavy atom. The molecule has 3 nitrogen and oxygen atoms in total. The zero-order valence-electron chi connectivity index (χ0n) is 8.83. The molecular weight excluding hydrogens is 272 g/mol. The first-order valence-electron chi connectivity index (χ1n) is 4.48. The van der Waals surface area contributed by atoms with Gasteiger partial charge in [0, 0.05) is 13.7 Å². The van der Waals surface area contributed by atoms with Crippen molar-refractivity contribution in [3.8, 4) is 5.75 Å². The van der Waals surface area contributed by atoms with Crippen LogP contribution in [0.15, 0.2) is 12.1 Å². The Morgan fingerprint density at radius 1 is 1.19 bits per heavy atom. The molecule has 1 aromatic rings. The number of halogens is 3. The minimum atomic E-state index is 0. The third kappa shape index (κ3) is 4.36. The molecule has 2 N–H and O–H groups in total. The van der Waals surface area contributed by atoms with Crippen LogP contribution < -0.4 is 10.5 Å². The standard InChI is InChI=1S/C10H13Cl2NO2.ClH/c1-14-2-3-15-10-8(11)4-7(6-13)5-9(10)12;/h4-5H,2-3,6,13H2,1H3;1H. The number of benzene rings is 1. The van der Waals surface area contributed by atoms with Crippen LogP contribution in [0.2, 0.25) is 10.0 Å². The van der Waals surface area contributed by atoms with Gasteiger partial charge >= 0.3 is 0 Å². The molecule has 0 bridgehead atoms. The predicted octanol–water partition coefficient (Wildman–Crippen LogP) is 2.90. The molecule has 0 heterocycles. The van der Waals surface area contributed by atoms with Gasteiger partial charge in [0.05, 0.1) is 16.7 Å². The Bertz CT molecular complexity index is 311. The van der Waals surface area contributed by atoms with Crippen LogP contribution >= 0.6 is 35.6 Å². The van der Waals surface area contributed by atoms with Crippen molar-refractivity contribution in [2.75, 3.05) is 20.3 Å². The summed E-state index contributed by atoms with van der Waals surface area (Å²) in [6, 6.07) is 3.49. The Morgan fingerprint density at radius 2 is 1.75 bits per heavy atom. The van der Waals surface area contributed by atoms with Crippen LogP contribution in [0.4, 0.5) is 0 Å². The van der Waals surface area contributed by atoms with Gasteiger partial charge in [-0.15, -0.1) is 12.4 Å². The van der Waals surface area contributed by atoms with Crippen LogP contribution in [0.3, 0.4) is 0 Å². The lowest BCUT2D eigenvalue weighted by Gasteiger charge is -2.10. The molecule has 0 saturated carbocycles. The lowest BCUT2D eigenvalue weighted by Crippen LogP contribution is -2.05. The number of hydrogen-bond donors (Lipinski definition) is 1. The van der Waals surface area contributed by atoms with Crippen LogP contribution in [-0.4, -0.2) is 20.3 Å². The fourth-order valence-electron chi connectivity index (χ4n) is 1.10. The Labute approximate surface area is 111 Å². The first-order chi connectivity index (χ1) is 7.19. The van der Waals surface area contributed by atoms with Gasteiger partial charge in [-0.1, -0.05) is 23.2 Å². The van der Waals surface area contributed by atoms with E-state index in [1.54, 1.807) is 19.2 Å². The van der Waals surface area contributed by atoms with Gasteiger partial charge < -0.3 is 15.2 Å². The zero-order valence-corrected chi connectivity index (χ0v) is 11.2. The van der Waals surface area contributed by atoms with Gasteiger partial charge in [0.1, 0.15) is 6.61 Å². The summed E-state index contributed by atoms with van der Waals surface area (Å²) in [5, 5.41) is 0.943. The Hall–Kier alpha value is -0.190. The molecule has 0 saturated heterocycles. The molecule has 16 heavy (non-hydrogen) atoms. The summed E-state index contributed by atoms with van der Waals surface area (Å²) < 4.78 is 10.2. The van der Waals surface area contributed by atoms with E-state index in [9.17, 15) is 0 Å². The summed E-state index contributed by atoms with van der Waals surface area (Å²) in [5.41, 5.74) is 6.36. The quantitative estimate of drug-likeness (QED) is 0.847. The highest BCUT2D eigenvalue weighted by Gasteiger charge is 2.08. The molecule has 0 radical (unpaired) electrons. The molecule has 0 aliphatic carbocycles. The van der Waals surface area contributed by atoms with E-state index in [1.807, 2.05) is 0 Å². The molecule has 0 fully saturated rings. The molecule has 6 heteroatoms. The third-order valence-electron chi connectivity index (χ3n) is 1.83. The molecule has 0 aromatic heterocycles. The van der Waals surface area contributed by atoms with Gasteiger partial charge in [-0.05, 0) is 17.7 Å². The molecule has 0 spiro atoms. The average Bonchev–Trinajstić information content (AvgIpc) is 2.22. The van der Waals surface area contributed by atoms with Crippen molar-refractivity contribution < 1.29 is 9.47 Å². The SMILES string of the molecule is COCCOc1c(Cl)cc(CN)cc1Cl.Cl. The maximum absolute atomic E-state index is 5.99. The second-order valence-electron chi connectivity index (χ2n) is 2.93. The molecule has 1 rings (SSSR count). The first-order valence-corrected chi connectivity index (χ1v) is 5.24. The van der Waals surface area contributed by atoms with E-state index in [2.05, 4.69) is 0 Å². The second kappa shape index (κ2) is 7.98. The number of nitrogens with two attached hydrogens (primary N) is 1. The minimum absolute atomic E-state index is 0. The Kier molecular flexibility index (Phi) is 7.89. The van der Waals surface area contributed by atoms with E-state index >= 15 is 0 Å². The summed E-state index contributed by atoms with van der Waals surface area (Å²) in [4.78, 5) is 0. The Balaban J connectivity index is 0.00000225. The summed E-state index contributed by atoms with van der Waals surface area (Å²) in [6.45, 7) is 1.31. The second-order valence-corrected chi connectivity index (χ2v) is 3.75. The van der Waals surface area contributed by atoms with Crippen molar-refractivity contribution in [2.24, 2.45) is 5.73 Å². The molecule has 0 atom stereocenters. The summed E-state index contributed by atoms with van der Waals surface area (Å²) in [7, 11) is 1.60. The highest BCUT2D eigenvalue weighted by molar-refractivity contribution is 6.37. The smallest absolute Gasteiger partial charge is 0.156 e. The highest BCUT2D eigenvalue weighted by Crippen LogP contribution is 2.34. The highest BCUT2D eigenvalue weighted by atomic mass is 35.5. The van der Waals surface area contributed by atoms with E-state index < -0.39 is 0 Å². The fraction of sp³-hybridized carbons (Fsp3) is 0.400. The molecule has 0 aliphatic rings. The van der Waals surface area contributed by atoms with Crippen LogP contribution in [0.25, 0.3) is 0 Å². The van der Waals surface area contributed by atoms with Gasteiger partial charge in [0.2, 0.25) is 0 Å². The lowest BCUT2D eigenvalue weighted by atomic mass is 10.2. The lowest BCUT2D eigenvalue weighted by molar-refractivity contribution is 0.146. The van der Waals surface area contributed by atoms with Crippen LogP contribution in [0.1, 0.15) is 5.56 Å². The topological polar surface area (TPSA) is 44.5 Å². The van der Waals surface area contributed by atoms with E-state index in [4.69, 9.17) is 38.4 Å². The molecule has 1 aromatic carbocycles. The van der Waals surface area contributed by atoms with Crippen LogP contribution in [0.5, 0.6) is 5.75 Å². The van der Waals surface area contributed by atoms with Gasteiger partial charge in [0.15, 0.2) is 5.75 Å². The monoisotopic (exact) mass is 285 g/mol.